The van der Waals surface area contributed by atoms with Crippen LogP contribution in [0.3, 0.4) is 0 Å². The van der Waals surface area contributed by atoms with Crippen molar-refractivity contribution in [3.63, 3.8) is 0 Å². The number of carbonyl (C=O) groups excluding carboxylic acids is 1. The number of halogens is 1. The third-order valence-electron chi connectivity index (χ3n) is 1.28. The summed E-state index contributed by atoms with van der Waals surface area (Å²) < 4.78 is 0. The predicted molar refractivity (Wildman–Crippen MR) is 47.4 cm³/mol. The summed E-state index contributed by atoms with van der Waals surface area (Å²) >= 11 is 3.26. The molecule has 2 heteroatoms. The van der Waals surface area contributed by atoms with Crippen LogP contribution in [0.1, 0.15) is 13.8 Å². The molecule has 1 nitrogen and oxygen atoms in total. The summed E-state index contributed by atoms with van der Waals surface area (Å²) in [5, 5.41) is 0.796. The molecule has 0 aliphatic rings. The summed E-state index contributed by atoms with van der Waals surface area (Å²) in [6.07, 6.45) is 4.64. The molecule has 0 aromatic rings. The quantitative estimate of drug-likeness (QED) is 0.298. The van der Waals surface area contributed by atoms with Gasteiger partial charge in [0.25, 0.3) is 0 Å². The fraction of sp³-hybridized carbons (Fsp3) is 0.375. The Morgan fingerprint density at radius 2 is 2.20 bits per heavy atom. The number of alkyl halides is 1. The lowest BCUT2D eigenvalue weighted by molar-refractivity contribution is -0.104. The molecule has 0 amide bonds. The third-order valence-corrected chi connectivity index (χ3v) is 1.60. The molecule has 0 N–H and O–H groups in total. The van der Waals surface area contributed by atoms with E-state index in [4.69, 9.17) is 0 Å². The Labute approximate surface area is 69.9 Å². The molecule has 10 heavy (non-hydrogen) atoms. The van der Waals surface area contributed by atoms with Crippen molar-refractivity contribution in [1.82, 2.24) is 0 Å². The highest BCUT2D eigenvalue weighted by Crippen LogP contribution is 2.05. The normalized spacial score (nSPS) is 13.5. The summed E-state index contributed by atoms with van der Waals surface area (Å²) in [5.41, 5.74) is 1.79. The second kappa shape index (κ2) is 5.42. The molecule has 0 aromatic carbocycles. The highest BCUT2D eigenvalue weighted by molar-refractivity contribution is 9.09. The van der Waals surface area contributed by atoms with Gasteiger partial charge in [-0.3, -0.25) is 4.79 Å². The summed E-state index contributed by atoms with van der Waals surface area (Å²) in [7, 11) is 0. The van der Waals surface area contributed by atoms with Crippen LogP contribution in [-0.2, 0) is 4.79 Å². The van der Waals surface area contributed by atoms with Gasteiger partial charge in [0.2, 0.25) is 0 Å². The number of allylic oxidation sites excluding steroid dienone is 4. The summed E-state index contributed by atoms with van der Waals surface area (Å²) in [4.78, 5) is 10.3. The molecule has 0 aliphatic carbocycles. The van der Waals surface area contributed by atoms with E-state index in [0.717, 1.165) is 22.8 Å². The fourth-order valence-electron chi connectivity index (χ4n) is 0.622. The van der Waals surface area contributed by atoms with Crippen LogP contribution in [0.5, 0.6) is 0 Å². The van der Waals surface area contributed by atoms with Crippen LogP contribution in [0.4, 0.5) is 0 Å². The Kier molecular flexibility index (Phi) is 5.22. The molecule has 56 valence electrons. The lowest BCUT2D eigenvalue weighted by atomic mass is 10.1. The van der Waals surface area contributed by atoms with Crippen molar-refractivity contribution >= 4 is 22.2 Å². The molecule has 0 fully saturated rings. The molecule has 0 heterocycles. The lowest BCUT2D eigenvalue weighted by Crippen LogP contribution is -1.86. The first kappa shape index (κ1) is 9.63. The van der Waals surface area contributed by atoms with E-state index in [2.05, 4.69) is 15.9 Å². The van der Waals surface area contributed by atoms with Crippen molar-refractivity contribution in [2.24, 2.45) is 0 Å². The van der Waals surface area contributed by atoms with Gasteiger partial charge in [-0.25, -0.2) is 0 Å². The van der Waals surface area contributed by atoms with E-state index in [1.165, 1.54) is 0 Å². The molecule has 0 bridgehead atoms. The summed E-state index contributed by atoms with van der Waals surface area (Å²) in [6, 6.07) is 0. The van der Waals surface area contributed by atoms with Crippen LogP contribution in [-0.4, -0.2) is 11.6 Å². The molecule has 0 aromatic heterocycles. The lowest BCUT2D eigenvalue weighted by Gasteiger charge is -1.95. The average Bonchev–Trinajstić information content (AvgIpc) is 1.91. The monoisotopic (exact) mass is 202 g/mol. The predicted octanol–water partition coefficient (Wildman–Crippen LogP) is 2.47. The molecular formula is C8H11BrO. The molecular weight excluding hydrogens is 192 g/mol. The number of hydrogen-bond acceptors (Lipinski definition) is 1. The highest BCUT2D eigenvalue weighted by Gasteiger charge is 1.93. The third kappa shape index (κ3) is 2.97. The van der Waals surface area contributed by atoms with Gasteiger partial charge in [-0.1, -0.05) is 28.1 Å². The Balaban J connectivity index is 4.30. The maximum absolute atomic E-state index is 10.3. The second-order valence-corrected chi connectivity index (χ2v) is 2.55. The van der Waals surface area contributed by atoms with Crippen molar-refractivity contribution in [2.45, 2.75) is 13.8 Å². The van der Waals surface area contributed by atoms with Crippen LogP contribution in [0, 0.1) is 0 Å². The topological polar surface area (TPSA) is 17.1 Å². The van der Waals surface area contributed by atoms with Crippen LogP contribution in [0.15, 0.2) is 23.3 Å². The van der Waals surface area contributed by atoms with E-state index in [1.807, 2.05) is 26.0 Å². The van der Waals surface area contributed by atoms with E-state index in [9.17, 15) is 4.79 Å². The minimum atomic E-state index is 0.763. The molecule has 0 atom stereocenters. The SMILES string of the molecule is C/C=C(C=O)\C(C)=C/CBr. The van der Waals surface area contributed by atoms with Gasteiger partial charge >= 0.3 is 0 Å². The standard InChI is InChI=1S/C8H11BrO/c1-3-8(6-10)7(2)4-5-9/h3-4,6H,5H2,1-2H3/b7-4-,8-3-. The van der Waals surface area contributed by atoms with E-state index in [0.29, 0.717) is 0 Å². The molecule has 0 spiro atoms. The first-order chi connectivity index (χ1) is 4.76. The zero-order chi connectivity index (χ0) is 7.98. The first-order valence-corrected chi connectivity index (χ1v) is 4.23. The maximum atomic E-state index is 10.3. The number of rotatable bonds is 3. The summed E-state index contributed by atoms with van der Waals surface area (Å²) in [6.45, 7) is 3.78. The Hall–Kier alpha value is -0.370. The van der Waals surface area contributed by atoms with Gasteiger partial charge in [-0.2, -0.15) is 0 Å². The zero-order valence-corrected chi connectivity index (χ0v) is 7.81. The van der Waals surface area contributed by atoms with E-state index in [-0.39, 0.29) is 0 Å². The minimum absolute atomic E-state index is 0.763. The van der Waals surface area contributed by atoms with Crippen LogP contribution in [0.25, 0.3) is 0 Å². The largest absolute Gasteiger partial charge is 0.298 e. The van der Waals surface area contributed by atoms with Gasteiger partial charge in [0.15, 0.2) is 0 Å². The first-order valence-electron chi connectivity index (χ1n) is 3.10. The van der Waals surface area contributed by atoms with Crippen LogP contribution in [0.2, 0.25) is 0 Å². The molecule has 0 unspecified atom stereocenters. The minimum Gasteiger partial charge on any atom is -0.298 e. The Bertz CT molecular complexity index is 168. The van der Waals surface area contributed by atoms with Crippen LogP contribution >= 0.6 is 15.9 Å². The molecule has 0 aliphatic heterocycles. The Morgan fingerprint density at radius 3 is 2.50 bits per heavy atom. The summed E-state index contributed by atoms with van der Waals surface area (Å²) in [5.74, 6) is 0. The van der Waals surface area contributed by atoms with Crippen molar-refractivity contribution in [2.75, 3.05) is 5.33 Å². The number of aldehydes is 1. The van der Waals surface area contributed by atoms with Crippen LogP contribution < -0.4 is 0 Å². The van der Waals surface area contributed by atoms with E-state index >= 15 is 0 Å². The van der Waals surface area contributed by atoms with Crippen molar-refractivity contribution in [3.8, 4) is 0 Å². The molecule has 0 radical (unpaired) electrons. The van der Waals surface area contributed by atoms with Crippen molar-refractivity contribution in [3.05, 3.63) is 23.3 Å². The van der Waals surface area contributed by atoms with E-state index in [1.54, 1.807) is 0 Å². The molecule has 0 saturated carbocycles. The van der Waals surface area contributed by atoms with Gasteiger partial charge in [-0.15, -0.1) is 0 Å². The van der Waals surface area contributed by atoms with Crippen molar-refractivity contribution in [1.29, 1.82) is 0 Å². The van der Waals surface area contributed by atoms with Gasteiger partial charge in [0, 0.05) is 10.9 Å². The van der Waals surface area contributed by atoms with Gasteiger partial charge in [0.05, 0.1) is 0 Å². The molecule has 0 rings (SSSR count). The number of hydrogen-bond donors (Lipinski definition) is 0. The van der Waals surface area contributed by atoms with E-state index < -0.39 is 0 Å². The van der Waals surface area contributed by atoms with Gasteiger partial charge in [-0.05, 0) is 19.4 Å². The second-order valence-electron chi connectivity index (χ2n) is 1.90. The smallest absolute Gasteiger partial charge is 0.149 e. The number of carbonyl (C=O) groups is 1. The average molecular weight is 203 g/mol. The maximum Gasteiger partial charge on any atom is 0.149 e. The van der Waals surface area contributed by atoms with Crippen molar-refractivity contribution < 1.29 is 4.79 Å². The fourth-order valence-corrected chi connectivity index (χ4v) is 1.11. The van der Waals surface area contributed by atoms with Gasteiger partial charge < -0.3 is 0 Å². The highest BCUT2D eigenvalue weighted by atomic mass is 79.9. The van der Waals surface area contributed by atoms with Gasteiger partial charge in [0.1, 0.15) is 6.29 Å². The Morgan fingerprint density at radius 1 is 1.60 bits per heavy atom. The zero-order valence-electron chi connectivity index (χ0n) is 6.23. The molecule has 0 saturated heterocycles.